The zero-order valence-corrected chi connectivity index (χ0v) is 8.22. The molecule has 0 aliphatic rings. The molecule has 2 nitrogen and oxygen atoms in total. The molecular weight excluding hydrogens is 186 g/mol. The zero-order valence-electron chi connectivity index (χ0n) is 8.22. The minimum absolute atomic E-state index is 0.263. The van der Waals surface area contributed by atoms with Crippen LogP contribution in [0.4, 0.5) is 0 Å². The number of aromatic nitrogens is 1. The summed E-state index contributed by atoms with van der Waals surface area (Å²) >= 11 is 0. The summed E-state index contributed by atoms with van der Waals surface area (Å²) < 4.78 is 0. The van der Waals surface area contributed by atoms with E-state index >= 15 is 0 Å². The highest BCUT2D eigenvalue weighted by Crippen LogP contribution is 2.20. The molecule has 0 saturated heterocycles. The Morgan fingerprint density at radius 1 is 1.07 bits per heavy atom. The van der Waals surface area contributed by atoms with Crippen LogP contribution < -0.4 is 0 Å². The van der Waals surface area contributed by atoms with Gasteiger partial charge < -0.3 is 5.11 Å². The van der Waals surface area contributed by atoms with E-state index < -0.39 is 0 Å². The maximum absolute atomic E-state index is 9.17. The minimum atomic E-state index is 0.263. The number of benzene rings is 1. The number of rotatable bonds is 2. The second-order valence-corrected chi connectivity index (χ2v) is 3.20. The molecule has 2 heteroatoms. The van der Waals surface area contributed by atoms with Crippen LogP contribution in [0, 0.1) is 0 Å². The molecule has 0 bridgehead atoms. The molecule has 2 aromatic rings. The lowest BCUT2D eigenvalue weighted by Crippen LogP contribution is -1.85. The van der Waals surface area contributed by atoms with Gasteiger partial charge in [0.2, 0.25) is 0 Å². The summed E-state index contributed by atoms with van der Waals surface area (Å²) in [6, 6.07) is 12.7. The smallest absolute Gasteiger partial charge is 0.115 e. The van der Waals surface area contributed by atoms with Gasteiger partial charge in [-0.05, 0) is 42.5 Å². The van der Waals surface area contributed by atoms with Crippen molar-refractivity contribution in [1.82, 2.24) is 4.98 Å². The Kier molecular flexibility index (Phi) is 2.50. The van der Waals surface area contributed by atoms with Crippen molar-refractivity contribution in [3.63, 3.8) is 0 Å². The predicted octanol–water partition coefficient (Wildman–Crippen LogP) is 3.10. The highest BCUT2D eigenvalue weighted by Gasteiger charge is 1.99. The van der Waals surface area contributed by atoms with E-state index in [2.05, 4.69) is 11.6 Å². The third kappa shape index (κ3) is 2.05. The lowest BCUT2D eigenvalue weighted by Gasteiger charge is -2.01. The summed E-state index contributed by atoms with van der Waals surface area (Å²) in [4.78, 5) is 4.39. The highest BCUT2D eigenvalue weighted by atomic mass is 16.3. The topological polar surface area (TPSA) is 33.1 Å². The summed E-state index contributed by atoms with van der Waals surface area (Å²) in [6.45, 7) is 3.68. The van der Waals surface area contributed by atoms with Crippen LogP contribution in [-0.2, 0) is 0 Å². The fourth-order valence-electron chi connectivity index (χ4n) is 1.36. The lowest BCUT2D eigenvalue weighted by molar-refractivity contribution is 0.475. The summed E-state index contributed by atoms with van der Waals surface area (Å²) in [5.74, 6) is 0.263. The van der Waals surface area contributed by atoms with Gasteiger partial charge in [0.1, 0.15) is 5.75 Å². The summed E-state index contributed by atoms with van der Waals surface area (Å²) in [5.41, 5.74) is 2.71. The molecule has 0 atom stereocenters. The van der Waals surface area contributed by atoms with E-state index in [1.165, 1.54) is 0 Å². The van der Waals surface area contributed by atoms with E-state index in [9.17, 15) is 0 Å². The van der Waals surface area contributed by atoms with Crippen molar-refractivity contribution in [1.29, 1.82) is 0 Å². The summed E-state index contributed by atoms with van der Waals surface area (Å²) in [7, 11) is 0. The Balaban J connectivity index is 2.44. The SMILES string of the molecule is C=Cc1cccc(-c2ccc(O)cc2)n1. The molecule has 2 rings (SSSR count). The van der Waals surface area contributed by atoms with Crippen molar-refractivity contribution in [2.24, 2.45) is 0 Å². The van der Waals surface area contributed by atoms with Gasteiger partial charge in [0.25, 0.3) is 0 Å². The Hall–Kier alpha value is -2.09. The number of aromatic hydroxyl groups is 1. The van der Waals surface area contributed by atoms with Gasteiger partial charge >= 0.3 is 0 Å². The number of hydrogen-bond donors (Lipinski definition) is 1. The van der Waals surface area contributed by atoms with Gasteiger partial charge in [-0.15, -0.1) is 0 Å². The molecule has 0 fully saturated rings. The standard InChI is InChI=1S/C13H11NO/c1-2-11-4-3-5-13(14-11)10-6-8-12(15)9-7-10/h2-9,15H,1H2. The maximum Gasteiger partial charge on any atom is 0.115 e. The van der Waals surface area contributed by atoms with Crippen molar-refractivity contribution >= 4 is 6.08 Å². The number of hydrogen-bond acceptors (Lipinski definition) is 2. The van der Waals surface area contributed by atoms with Gasteiger partial charge in [-0.2, -0.15) is 0 Å². The number of pyridine rings is 1. The van der Waals surface area contributed by atoms with E-state index in [4.69, 9.17) is 5.11 Å². The van der Waals surface area contributed by atoms with Gasteiger partial charge in [-0.1, -0.05) is 12.6 Å². The first-order chi connectivity index (χ1) is 7.29. The van der Waals surface area contributed by atoms with Crippen LogP contribution in [-0.4, -0.2) is 10.1 Å². The van der Waals surface area contributed by atoms with E-state index in [-0.39, 0.29) is 5.75 Å². The molecule has 0 amide bonds. The van der Waals surface area contributed by atoms with Crippen molar-refractivity contribution in [3.05, 3.63) is 54.7 Å². The molecule has 15 heavy (non-hydrogen) atoms. The van der Waals surface area contributed by atoms with E-state index in [0.29, 0.717) is 0 Å². The first kappa shape index (κ1) is 9.46. The van der Waals surface area contributed by atoms with Gasteiger partial charge in [0.05, 0.1) is 11.4 Å². The molecule has 1 N–H and O–H groups in total. The van der Waals surface area contributed by atoms with Gasteiger partial charge in [0.15, 0.2) is 0 Å². The first-order valence-corrected chi connectivity index (χ1v) is 4.68. The number of phenolic OH excluding ortho intramolecular Hbond substituents is 1. The van der Waals surface area contributed by atoms with Crippen LogP contribution in [0.5, 0.6) is 5.75 Å². The predicted molar refractivity (Wildman–Crippen MR) is 61.4 cm³/mol. The average molecular weight is 197 g/mol. The third-order valence-corrected chi connectivity index (χ3v) is 2.14. The summed E-state index contributed by atoms with van der Waals surface area (Å²) in [6.07, 6.45) is 1.71. The molecule has 0 spiro atoms. The van der Waals surface area contributed by atoms with Gasteiger partial charge in [0, 0.05) is 5.56 Å². The van der Waals surface area contributed by atoms with Crippen molar-refractivity contribution in [3.8, 4) is 17.0 Å². The van der Waals surface area contributed by atoms with Crippen LogP contribution in [0.3, 0.4) is 0 Å². The molecule has 1 heterocycles. The van der Waals surface area contributed by atoms with Crippen molar-refractivity contribution in [2.45, 2.75) is 0 Å². The number of phenols is 1. The summed E-state index contributed by atoms with van der Waals surface area (Å²) in [5, 5.41) is 9.17. The average Bonchev–Trinajstić information content (AvgIpc) is 2.30. The highest BCUT2D eigenvalue weighted by molar-refractivity contribution is 5.61. The van der Waals surface area contributed by atoms with Crippen molar-refractivity contribution < 1.29 is 5.11 Å². The van der Waals surface area contributed by atoms with E-state index in [1.54, 1.807) is 18.2 Å². The van der Waals surface area contributed by atoms with E-state index in [1.807, 2.05) is 30.3 Å². The van der Waals surface area contributed by atoms with Gasteiger partial charge in [-0.3, -0.25) is 0 Å². The Labute approximate surface area is 88.5 Å². The number of nitrogens with zero attached hydrogens (tertiary/aromatic N) is 1. The quantitative estimate of drug-likeness (QED) is 0.802. The Morgan fingerprint density at radius 2 is 1.80 bits per heavy atom. The first-order valence-electron chi connectivity index (χ1n) is 4.68. The van der Waals surface area contributed by atoms with Crippen LogP contribution in [0.15, 0.2) is 49.0 Å². The largest absolute Gasteiger partial charge is 0.508 e. The molecule has 0 saturated carbocycles. The normalized spacial score (nSPS) is 9.87. The third-order valence-electron chi connectivity index (χ3n) is 2.14. The molecule has 74 valence electrons. The molecule has 0 aliphatic carbocycles. The fraction of sp³-hybridized carbons (Fsp3) is 0. The second kappa shape index (κ2) is 3.96. The van der Waals surface area contributed by atoms with E-state index in [0.717, 1.165) is 17.0 Å². The van der Waals surface area contributed by atoms with Crippen LogP contribution in [0.1, 0.15) is 5.69 Å². The van der Waals surface area contributed by atoms with Gasteiger partial charge in [-0.25, -0.2) is 4.98 Å². The molecule has 0 unspecified atom stereocenters. The molecule has 1 aromatic carbocycles. The molecule has 0 aliphatic heterocycles. The Morgan fingerprint density at radius 3 is 2.47 bits per heavy atom. The fourth-order valence-corrected chi connectivity index (χ4v) is 1.36. The van der Waals surface area contributed by atoms with Crippen LogP contribution in [0.2, 0.25) is 0 Å². The van der Waals surface area contributed by atoms with Crippen LogP contribution >= 0.6 is 0 Å². The molecule has 1 aromatic heterocycles. The van der Waals surface area contributed by atoms with Crippen molar-refractivity contribution in [2.75, 3.05) is 0 Å². The lowest BCUT2D eigenvalue weighted by atomic mass is 10.1. The minimum Gasteiger partial charge on any atom is -0.508 e. The zero-order chi connectivity index (χ0) is 10.7. The Bertz CT molecular complexity index is 474. The molecule has 0 radical (unpaired) electrons. The molecular formula is C13H11NO. The maximum atomic E-state index is 9.17. The van der Waals surface area contributed by atoms with Crippen LogP contribution in [0.25, 0.3) is 17.3 Å². The second-order valence-electron chi connectivity index (χ2n) is 3.20. The monoisotopic (exact) mass is 197 g/mol.